The first-order valence-electron chi connectivity index (χ1n) is 4.55. The Labute approximate surface area is 97.9 Å². The Morgan fingerprint density at radius 3 is 2.29 bits per heavy atom. The number of aryl methyl sites for hydroxylation is 1. The van der Waals surface area contributed by atoms with E-state index in [1.54, 1.807) is 0 Å². The van der Waals surface area contributed by atoms with Crippen molar-refractivity contribution < 1.29 is 17.7 Å². The van der Waals surface area contributed by atoms with Gasteiger partial charge in [-0.2, -0.15) is 4.39 Å². The number of halogens is 1. The van der Waals surface area contributed by atoms with Crippen molar-refractivity contribution in [2.75, 3.05) is 14.1 Å². The Morgan fingerprint density at radius 2 is 1.88 bits per heavy atom. The molecule has 0 fully saturated rings. The molecule has 17 heavy (non-hydrogen) atoms. The second-order valence-corrected chi connectivity index (χ2v) is 5.73. The molecule has 0 atom stereocenters. The molecular weight excluding hydrogens is 251 g/mol. The van der Waals surface area contributed by atoms with Crippen LogP contribution in [0, 0.1) is 22.9 Å². The van der Waals surface area contributed by atoms with Gasteiger partial charge in [0.05, 0.1) is 9.82 Å². The summed E-state index contributed by atoms with van der Waals surface area (Å²) in [6, 6.07) is 1.58. The molecule has 0 unspecified atom stereocenters. The summed E-state index contributed by atoms with van der Waals surface area (Å²) in [5.41, 5.74) is -0.724. The number of sulfonamides is 1. The second-order valence-electron chi connectivity index (χ2n) is 3.61. The predicted octanol–water partition coefficient (Wildman–Crippen LogP) is 1.29. The van der Waals surface area contributed by atoms with Gasteiger partial charge in [0, 0.05) is 20.2 Å². The summed E-state index contributed by atoms with van der Waals surface area (Å²) in [6.07, 6.45) is 0. The lowest BCUT2D eigenvalue weighted by atomic mass is 10.2. The maximum atomic E-state index is 13.2. The molecule has 6 nitrogen and oxygen atoms in total. The second kappa shape index (κ2) is 4.38. The maximum absolute atomic E-state index is 13.2. The van der Waals surface area contributed by atoms with Gasteiger partial charge in [0.1, 0.15) is 0 Å². The molecule has 0 aliphatic heterocycles. The number of hydrogen-bond acceptors (Lipinski definition) is 4. The first-order chi connectivity index (χ1) is 7.67. The SMILES string of the molecule is Cc1cc(F)c([N+](=O)[O-])cc1S(=O)(=O)N(C)C. The van der Waals surface area contributed by atoms with Gasteiger partial charge in [-0.25, -0.2) is 12.7 Å². The minimum absolute atomic E-state index is 0.127. The van der Waals surface area contributed by atoms with E-state index in [1.165, 1.54) is 21.0 Å². The van der Waals surface area contributed by atoms with Crippen molar-refractivity contribution in [1.29, 1.82) is 0 Å². The van der Waals surface area contributed by atoms with E-state index in [-0.39, 0.29) is 10.5 Å². The number of rotatable bonds is 3. The molecule has 1 rings (SSSR count). The van der Waals surface area contributed by atoms with E-state index in [9.17, 15) is 22.9 Å². The molecule has 0 radical (unpaired) electrons. The smallest absolute Gasteiger partial charge is 0.258 e. The Morgan fingerprint density at radius 1 is 1.35 bits per heavy atom. The average Bonchev–Trinajstić information content (AvgIpc) is 2.15. The number of benzene rings is 1. The molecule has 1 aromatic rings. The Hall–Kier alpha value is -1.54. The van der Waals surface area contributed by atoms with Gasteiger partial charge in [0.2, 0.25) is 15.8 Å². The summed E-state index contributed by atoms with van der Waals surface area (Å²) < 4.78 is 37.8. The van der Waals surface area contributed by atoms with Crippen molar-refractivity contribution in [2.24, 2.45) is 0 Å². The summed E-state index contributed by atoms with van der Waals surface area (Å²) in [4.78, 5) is 9.32. The van der Waals surface area contributed by atoms with E-state index >= 15 is 0 Å². The zero-order valence-corrected chi connectivity index (χ0v) is 10.3. The van der Waals surface area contributed by atoms with Crippen molar-refractivity contribution >= 4 is 15.7 Å². The van der Waals surface area contributed by atoms with Gasteiger partial charge in [-0.15, -0.1) is 0 Å². The molecule has 0 saturated heterocycles. The third-order valence-electron chi connectivity index (χ3n) is 2.20. The lowest BCUT2D eigenvalue weighted by Gasteiger charge is -2.13. The zero-order valence-electron chi connectivity index (χ0n) is 9.47. The molecule has 1 aromatic carbocycles. The normalized spacial score (nSPS) is 11.8. The van der Waals surface area contributed by atoms with Crippen molar-refractivity contribution in [3.63, 3.8) is 0 Å². The lowest BCUT2D eigenvalue weighted by molar-refractivity contribution is -0.387. The molecule has 94 valence electrons. The van der Waals surface area contributed by atoms with E-state index in [4.69, 9.17) is 0 Å². The monoisotopic (exact) mass is 262 g/mol. The van der Waals surface area contributed by atoms with Crippen molar-refractivity contribution in [3.05, 3.63) is 33.6 Å². The van der Waals surface area contributed by atoms with Gasteiger partial charge < -0.3 is 0 Å². The van der Waals surface area contributed by atoms with Gasteiger partial charge in [-0.3, -0.25) is 10.1 Å². The molecule has 0 amide bonds. The van der Waals surface area contributed by atoms with E-state index in [0.717, 1.165) is 16.4 Å². The van der Waals surface area contributed by atoms with Crippen LogP contribution in [0.1, 0.15) is 5.56 Å². The molecule has 0 aliphatic rings. The van der Waals surface area contributed by atoms with Crippen LogP contribution in [0.25, 0.3) is 0 Å². The quantitative estimate of drug-likeness (QED) is 0.607. The third-order valence-corrected chi connectivity index (χ3v) is 4.16. The van der Waals surface area contributed by atoms with Gasteiger partial charge in [-0.05, 0) is 18.6 Å². The molecule has 0 heterocycles. The number of nitrogens with zero attached hydrogens (tertiary/aromatic N) is 2. The molecular formula is C9H11FN2O4S. The Balaban J connectivity index is 3.57. The van der Waals surface area contributed by atoms with Crippen molar-refractivity contribution in [1.82, 2.24) is 4.31 Å². The van der Waals surface area contributed by atoms with Crippen LogP contribution in [0.5, 0.6) is 0 Å². The summed E-state index contributed by atoms with van der Waals surface area (Å²) in [7, 11) is -1.23. The summed E-state index contributed by atoms with van der Waals surface area (Å²) >= 11 is 0. The van der Waals surface area contributed by atoms with Crippen LogP contribution in [0.4, 0.5) is 10.1 Å². The van der Waals surface area contributed by atoms with Crippen LogP contribution in [0.15, 0.2) is 17.0 Å². The fourth-order valence-corrected chi connectivity index (χ4v) is 2.38. The molecule has 0 bridgehead atoms. The van der Waals surface area contributed by atoms with Crippen LogP contribution >= 0.6 is 0 Å². The molecule has 0 aliphatic carbocycles. The fourth-order valence-electron chi connectivity index (χ4n) is 1.26. The first-order valence-corrected chi connectivity index (χ1v) is 5.99. The van der Waals surface area contributed by atoms with Gasteiger partial charge in [0.15, 0.2) is 0 Å². The summed E-state index contributed by atoms with van der Waals surface area (Å²) in [6.45, 7) is 1.38. The van der Waals surface area contributed by atoms with Gasteiger partial charge in [0.25, 0.3) is 0 Å². The number of nitro groups is 1. The van der Waals surface area contributed by atoms with Crippen LogP contribution in [0.2, 0.25) is 0 Å². The van der Waals surface area contributed by atoms with E-state index < -0.39 is 26.5 Å². The highest BCUT2D eigenvalue weighted by Crippen LogP contribution is 2.26. The van der Waals surface area contributed by atoms with Crippen LogP contribution in [-0.4, -0.2) is 31.7 Å². The topological polar surface area (TPSA) is 80.5 Å². The first kappa shape index (κ1) is 13.5. The number of nitro benzene ring substituents is 1. The van der Waals surface area contributed by atoms with Crippen LogP contribution < -0.4 is 0 Å². The Kier molecular flexibility index (Phi) is 3.48. The highest BCUT2D eigenvalue weighted by Gasteiger charge is 2.25. The van der Waals surface area contributed by atoms with Crippen LogP contribution in [0.3, 0.4) is 0 Å². The average molecular weight is 262 g/mol. The molecule has 0 saturated carbocycles. The lowest BCUT2D eigenvalue weighted by Crippen LogP contribution is -2.23. The highest BCUT2D eigenvalue weighted by atomic mass is 32.2. The van der Waals surface area contributed by atoms with Crippen molar-refractivity contribution in [3.8, 4) is 0 Å². The molecule has 0 aromatic heterocycles. The predicted molar refractivity (Wildman–Crippen MR) is 58.7 cm³/mol. The highest BCUT2D eigenvalue weighted by molar-refractivity contribution is 7.89. The minimum atomic E-state index is -3.82. The largest absolute Gasteiger partial charge is 0.306 e. The van der Waals surface area contributed by atoms with Crippen molar-refractivity contribution in [2.45, 2.75) is 11.8 Å². The third kappa shape index (κ3) is 2.42. The van der Waals surface area contributed by atoms with E-state index in [1.807, 2.05) is 0 Å². The zero-order chi connectivity index (χ0) is 13.4. The molecule has 8 heteroatoms. The Bertz CT molecular complexity index is 569. The van der Waals surface area contributed by atoms with Crippen LogP contribution in [-0.2, 0) is 10.0 Å². The summed E-state index contributed by atoms with van der Waals surface area (Å²) in [5, 5.41) is 10.5. The number of hydrogen-bond donors (Lipinski definition) is 0. The summed E-state index contributed by atoms with van der Waals surface area (Å²) in [5.74, 6) is -1.05. The van der Waals surface area contributed by atoms with E-state index in [0.29, 0.717) is 0 Å². The maximum Gasteiger partial charge on any atom is 0.306 e. The minimum Gasteiger partial charge on any atom is -0.258 e. The standard InChI is InChI=1S/C9H11FN2O4S/c1-6-4-7(10)8(12(13)14)5-9(6)17(15,16)11(2)3/h4-5H,1-3H3. The molecule has 0 spiro atoms. The molecule has 0 N–H and O–H groups in total. The van der Waals surface area contributed by atoms with E-state index in [2.05, 4.69) is 0 Å². The van der Waals surface area contributed by atoms with Gasteiger partial charge >= 0.3 is 5.69 Å². The van der Waals surface area contributed by atoms with Gasteiger partial charge in [-0.1, -0.05) is 0 Å². The fraction of sp³-hybridized carbons (Fsp3) is 0.333.